The molecule has 2 rings (SSSR count). The van der Waals surface area contributed by atoms with Crippen molar-refractivity contribution in [2.75, 3.05) is 7.11 Å². The zero-order valence-electron chi connectivity index (χ0n) is 9.93. The van der Waals surface area contributed by atoms with E-state index in [9.17, 15) is 9.50 Å². The first-order valence-electron chi connectivity index (χ1n) is 5.46. The molecule has 0 aliphatic carbocycles. The zero-order chi connectivity index (χ0) is 13.1. The molecule has 1 unspecified atom stereocenters. The van der Waals surface area contributed by atoms with Crippen LogP contribution in [0.5, 0.6) is 5.88 Å². The minimum Gasteiger partial charge on any atom is -0.480 e. The van der Waals surface area contributed by atoms with E-state index in [0.29, 0.717) is 17.3 Å². The summed E-state index contributed by atoms with van der Waals surface area (Å²) in [6.45, 7) is 3.55. The van der Waals surface area contributed by atoms with Crippen LogP contribution in [0.25, 0.3) is 10.9 Å². The molecule has 5 heteroatoms. The first-order valence-corrected chi connectivity index (χ1v) is 5.46. The number of aliphatic hydroxyl groups is 1. The lowest BCUT2D eigenvalue weighted by atomic mass is 10.2. The summed E-state index contributed by atoms with van der Waals surface area (Å²) in [7, 11) is 1.44. The fourth-order valence-corrected chi connectivity index (χ4v) is 1.66. The maximum Gasteiger partial charge on any atom is 0.224 e. The van der Waals surface area contributed by atoms with Crippen LogP contribution in [0, 0.1) is 5.82 Å². The van der Waals surface area contributed by atoms with Gasteiger partial charge in [-0.3, -0.25) is 0 Å². The molecule has 1 heterocycles. The lowest BCUT2D eigenvalue weighted by Crippen LogP contribution is -2.05. The van der Waals surface area contributed by atoms with Gasteiger partial charge >= 0.3 is 0 Å². The van der Waals surface area contributed by atoms with Crippen molar-refractivity contribution in [3.63, 3.8) is 0 Å². The van der Waals surface area contributed by atoms with Gasteiger partial charge in [0, 0.05) is 0 Å². The smallest absolute Gasteiger partial charge is 0.224 e. The van der Waals surface area contributed by atoms with Crippen LogP contribution in [-0.2, 0) is 0 Å². The van der Waals surface area contributed by atoms with E-state index in [4.69, 9.17) is 4.74 Å². The number of aliphatic hydroxyl groups excluding tert-OH is 1. The normalized spacial score (nSPS) is 12.4. The predicted octanol–water partition coefficient (Wildman–Crippen LogP) is 2.39. The van der Waals surface area contributed by atoms with Crippen molar-refractivity contribution >= 4 is 10.9 Å². The summed E-state index contributed by atoms with van der Waals surface area (Å²) in [6, 6.07) is 4.13. The van der Waals surface area contributed by atoms with Gasteiger partial charge in [0.05, 0.1) is 18.0 Å². The number of fused-ring (bicyclic) bond motifs is 1. The second-order valence-electron chi connectivity index (χ2n) is 3.79. The standard InChI is InChI=1S/C13H13FN2O2/c1-3-4-11(17)12-15-10-6-5-8(14)7-9(10)13(16-12)18-2/h3,5-7,11,17H,1,4H2,2H3. The minimum absolute atomic E-state index is 0.242. The number of nitrogens with zero attached hydrogens (tertiary/aromatic N) is 2. The number of aromatic nitrogens is 2. The third-order valence-electron chi connectivity index (χ3n) is 2.52. The monoisotopic (exact) mass is 248 g/mol. The highest BCUT2D eigenvalue weighted by Gasteiger charge is 2.14. The Labute approximate surface area is 104 Å². The van der Waals surface area contributed by atoms with Gasteiger partial charge in [-0.25, -0.2) is 9.37 Å². The molecule has 2 aromatic rings. The SMILES string of the molecule is C=CCC(O)c1nc(OC)c2cc(F)ccc2n1. The predicted molar refractivity (Wildman–Crippen MR) is 65.8 cm³/mol. The Bertz CT molecular complexity index is 586. The summed E-state index contributed by atoms with van der Waals surface area (Å²) in [5, 5.41) is 10.3. The van der Waals surface area contributed by atoms with Crippen LogP contribution in [0.15, 0.2) is 30.9 Å². The van der Waals surface area contributed by atoms with Gasteiger partial charge in [-0.15, -0.1) is 6.58 Å². The van der Waals surface area contributed by atoms with Crippen molar-refractivity contribution in [1.29, 1.82) is 0 Å². The highest BCUT2D eigenvalue weighted by molar-refractivity contribution is 5.83. The molecule has 0 bridgehead atoms. The lowest BCUT2D eigenvalue weighted by molar-refractivity contribution is 0.170. The van der Waals surface area contributed by atoms with Crippen molar-refractivity contribution in [3.05, 3.63) is 42.5 Å². The summed E-state index contributed by atoms with van der Waals surface area (Å²) in [5.74, 6) is 0.104. The molecule has 1 atom stereocenters. The van der Waals surface area contributed by atoms with Crippen molar-refractivity contribution < 1.29 is 14.2 Å². The summed E-state index contributed by atoms with van der Waals surface area (Å²) in [6.07, 6.45) is 1.08. The maximum absolute atomic E-state index is 13.2. The van der Waals surface area contributed by atoms with Gasteiger partial charge in [0.15, 0.2) is 5.82 Å². The van der Waals surface area contributed by atoms with Crippen LogP contribution in [0.2, 0.25) is 0 Å². The topological polar surface area (TPSA) is 55.2 Å². The Hall–Kier alpha value is -2.01. The van der Waals surface area contributed by atoms with Crippen LogP contribution < -0.4 is 4.74 Å². The van der Waals surface area contributed by atoms with Crippen molar-refractivity contribution in [2.24, 2.45) is 0 Å². The fraction of sp³-hybridized carbons (Fsp3) is 0.231. The number of hydrogen-bond donors (Lipinski definition) is 1. The highest BCUT2D eigenvalue weighted by Crippen LogP contribution is 2.25. The van der Waals surface area contributed by atoms with Gasteiger partial charge in [-0.05, 0) is 24.6 Å². The molecule has 0 saturated heterocycles. The van der Waals surface area contributed by atoms with Crippen LogP contribution in [0.4, 0.5) is 4.39 Å². The Balaban J connectivity index is 2.59. The van der Waals surface area contributed by atoms with E-state index in [1.807, 2.05) is 0 Å². The second-order valence-corrected chi connectivity index (χ2v) is 3.79. The lowest BCUT2D eigenvalue weighted by Gasteiger charge is -2.10. The number of methoxy groups -OCH3 is 1. The Kier molecular flexibility index (Phi) is 3.53. The van der Waals surface area contributed by atoms with E-state index in [1.165, 1.54) is 25.3 Å². The summed E-state index contributed by atoms with van der Waals surface area (Å²) in [5.41, 5.74) is 0.529. The molecule has 1 aromatic carbocycles. The first kappa shape index (κ1) is 12.4. The van der Waals surface area contributed by atoms with Crippen LogP contribution in [0.3, 0.4) is 0 Å². The Morgan fingerprint density at radius 1 is 1.50 bits per heavy atom. The Morgan fingerprint density at radius 3 is 2.94 bits per heavy atom. The maximum atomic E-state index is 13.2. The summed E-state index contributed by atoms with van der Waals surface area (Å²) < 4.78 is 18.3. The summed E-state index contributed by atoms with van der Waals surface area (Å²) >= 11 is 0. The molecule has 0 aliphatic rings. The van der Waals surface area contributed by atoms with Crippen molar-refractivity contribution in [3.8, 4) is 5.88 Å². The average molecular weight is 248 g/mol. The number of halogens is 1. The van der Waals surface area contributed by atoms with Crippen molar-refractivity contribution in [1.82, 2.24) is 9.97 Å². The second kappa shape index (κ2) is 5.10. The number of ether oxygens (including phenoxy) is 1. The number of benzene rings is 1. The molecule has 1 N–H and O–H groups in total. The van der Waals surface area contributed by atoms with E-state index < -0.39 is 6.10 Å². The Morgan fingerprint density at radius 2 is 2.28 bits per heavy atom. The van der Waals surface area contributed by atoms with Gasteiger partial charge in [-0.2, -0.15) is 4.98 Å². The molecule has 0 amide bonds. The molecule has 0 aliphatic heterocycles. The van der Waals surface area contributed by atoms with Gasteiger partial charge < -0.3 is 9.84 Å². The van der Waals surface area contributed by atoms with Gasteiger partial charge in [-0.1, -0.05) is 6.08 Å². The van der Waals surface area contributed by atoms with Crippen molar-refractivity contribution in [2.45, 2.75) is 12.5 Å². The molecule has 94 valence electrons. The molecule has 0 radical (unpaired) electrons. The molecule has 4 nitrogen and oxygen atoms in total. The van der Waals surface area contributed by atoms with Gasteiger partial charge in [0.25, 0.3) is 0 Å². The van der Waals surface area contributed by atoms with E-state index in [0.717, 1.165) is 0 Å². The average Bonchev–Trinajstić information content (AvgIpc) is 2.37. The number of rotatable bonds is 4. The first-order chi connectivity index (χ1) is 8.65. The molecule has 1 aromatic heterocycles. The van der Waals surface area contributed by atoms with Crippen LogP contribution in [-0.4, -0.2) is 22.2 Å². The summed E-state index contributed by atoms with van der Waals surface area (Å²) in [4.78, 5) is 8.27. The molecular formula is C13H13FN2O2. The molecular weight excluding hydrogens is 235 g/mol. The zero-order valence-corrected chi connectivity index (χ0v) is 9.93. The van der Waals surface area contributed by atoms with Gasteiger partial charge in [0.1, 0.15) is 11.9 Å². The van der Waals surface area contributed by atoms with Gasteiger partial charge in [0.2, 0.25) is 5.88 Å². The van der Waals surface area contributed by atoms with E-state index in [2.05, 4.69) is 16.5 Å². The van der Waals surface area contributed by atoms with Crippen LogP contribution in [0.1, 0.15) is 18.3 Å². The molecule has 0 spiro atoms. The van der Waals surface area contributed by atoms with E-state index in [1.54, 1.807) is 6.08 Å². The van der Waals surface area contributed by atoms with E-state index >= 15 is 0 Å². The largest absolute Gasteiger partial charge is 0.480 e. The third kappa shape index (κ3) is 2.31. The minimum atomic E-state index is -0.842. The molecule has 18 heavy (non-hydrogen) atoms. The van der Waals surface area contributed by atoms with Crippen LogP contribution >= 0.6 is 0 Å². The van der Waals surface area contributed by atoms with E-state index in [-0.39, 0.29) is 17.5 Å². The third-order valence-corrected chi connectivity index (χ3v) is 2.52. The highest BCUT2D eigenvalue weighted by atomic mass is 19.1. The molecule has 0 fully saturated rings. The quantitative estimate of drug-likeness (QED) is 0.844. The molecule has 0 saturated carbocycles. The fourth-order valence-electron chi connectivity index (χ4n) is 1.66. The number of hydrogen-bond acceptors (Lipinski definition) is 4.